The average Bonchev–Trinajstić information content (AvgIpc) is 2.20. The summed E-state index contributed by atoms with van der Waals surface area (Å²) >= 11 is 3.27. The summed E-state index contributed by atoms with van der Waals surface area (Å²) in [6.07, 6.45) is 2.21. The second-order valence-electron chi connectivity index (χ2n) is 4.02. The molecule has 1 fully saturated rings. The number of anilines is 1. The first-order chi connectivity index (χ1) is 7.63. The molecule has 2 N–H and O–H groups in total. The van der Waals surface area contributed by atoms with Gasteiger partial charge in [0.15, 0.2) is 0 Å². The summed E-state index contributed by atoms with van der Waals surface area (Å²) in [7, 11) is 2.11. The Morgan fingerprint density at radius 1 is 1.44 bits per heavy atom. The van der Waals surface area contributed by atoms with Crippen LogP contribution >= 0.6 is 15.9 Å². The molecule has 0 saturated carbocycles. The van der Waals surface area contributed by atoms with Crippen LogP contribution < -0.4 is 10.5 Å². The lowest BCUT2D eigenvalue weighted by molar-refractivity contribution is 0.105. The topological polar surface area (TPSA) is 64.3 Å². The van der Waals surface area contributed by atoms with E-state index in [2.05, 4.69) is 37.8 Å². The number of halogens is 1. The summed E-state index contributed by atoms with van der Waals surface area (Å²) in [5.74, 6) is 0.421. The standard InChI is InChI=1S/C10H15BrN4O/c1-15-4-2-7(3-5-15)16-10-13-8(11)6-9(12)14-10/h6-7H,2-5H2,1H3,(H2,12,13,14). The highest BCUT2D eigenvalue weighted by molar-refractivity contribution is 9.10. The Labute approximate surface area is 103 Å². The van der Waals surface area contributed by atoms with Gasteiger partial charge in [-0.15, -0.1) is 0 Å². The van der Waals surface area contributed by atoms with Crippen LogP contribution in [0.25, 0.3) is 0 Å². The largest absolute Gasteiger partial charge is 0.460 e. The summed E-state index contributed by atoms with van der Waals surface area (Å²) in [6, 6.07) is 2.02. The van der Waals surface area contributed by atoms with E-state index < -0.39 is 0 Å². The van der Waals surface area contributed by atoms with E-state index in [4.69, 9.17) is 10.5 Å². The monoisotopic (exact) mass is 286 g/mol. The van der Waals surface area contributed by atoms with Crippen molar-refractivity contribution in [1.29, 1.82) is 0 Å². The third kappa shape index (κ3) is 3.05. The molecule has 0 bridgehead atoms. The van der Waals surface area contributed by atoms with Crippen molar-refractivity contribution in [3.63, 3.8) is 0 Å². The van der Waals surface area contributed by atoms with Gasteiger partial charge >= 0.3 is 6.01 Å². The zero-order valence-corrected chi connectivity index (χ0v) is 10.8. The van der Waals surface area contributed by atoms with Crippen LogP contribution in [-0.4, -0.2) is 41.1 Å². The molecule has 0 unspecified atom stereocenters. The molecular formula is C10H15BrN4O. The number of nitrogens with two attached hydrogens (primary N) is 1. The number of rotatable bonds is 2. The summed E-state index contributed by atoms with van der Waals surface area (Å²) < 4.78 is 6.36. The van der Waals surface area contributed by atoms with E-state index in [1.807, 2.05) is 0 Å². The lowest BCUT2D eigenvalue weighted by atomic mass is 10.1. The van der Waals surface area contributed by atoms with E-state index in [1.165, 1.54) is 0 Å². The van der Waals surface area contributed by atoms with Crippen molar-refractivity contribution in [2.75, 3.05) is 25.9 Å². The molecule has 2 rings (SSSR count). The van der Waals surface area contributed by atoms with Crippen LogP contribution in [0.4, 0.5) is 5.82 Å². The highest BCUT2D eigenvalue weighted by Gasteiger charge is 2.19. The first-order valence-corrected chi connectivity index (χ1v) is 6.08. The zero-order chi connectivity index (χ0) is 11.5. The van der Waals surface area contributed by atoms with E-state index >= 15 is 0 Å². The van der Waals surface area contributed by atoms with Gasteiger partial charge in [0.05, 0.1) is 0 Å². The van der Waals surface area contributed by atoms with Crippen molar-refractivity contribution >= 4 is 21.7 Å². The summed E-state index contributed by atoms with van der Waals surface area (Å²) in [6.45, 7) is 2.10. The fourth-order valence-electron chi connectivity index (χ4n) is 1.72. The van der Waals surface area contributed by atoms with Crippen molar-refractivity contribution in [1.82, 2.24) is 14.9 Å². The molecule has 5 nitrogen and oxygen atoms in total. The quantitative estimate of drug-likeness (QED) is 0.830. The van der Waals surface area contributed by atoms with E-state index in [0.717, 1.165) is 25.9 Å². The predicted octanol–water partition coefficient (Wildman–Crippen LogP) is 1.29. The molecule has 1 aliphatic rings. The Balaban J connectivity index is 1.98. The molecule has 0 radical (unpaired) electrons. The Morgan fingerprint density at radius 3 is 2.75 bits per heavy atom. The summed E-state index contributed by atoms with van der Waals surface area (Å²) in [5, 5.41) is 0. The lowest BCUT2D eigenvalue weighted by Crippen LogP contribution is -2.36. The minimum Gasteiger partial charge on any atom is -0.460 e. The van der Waals surface area contributed by atoms with E-state index in [1.54, 1.807) is 6.07 Å². The van der Waals surface area contributed by atoms with Gasteiger partial charge in [-0.25, -0.2) is 0 Å². The Bertz CT molecular complexity index is 346. The number of hydrogen-bond acceptors (Lipinski definition) is 5. The van der Waals surface area contributed by atoms with Crippen molar-refractivity contribution in [2.24, 2.45) is 0 Å². The molecular weight excluding hydrogens is 272 g/mol. The molecule has 16 heavy (non-hydrogen) atoms. The number of ether oxygens (including phenoxy) is 1. The Hall–Kier alpha value is -0.880. The number of aromatic nitrogens is 2. The number of nitrogens with zero attached hydrogens (tertiary/aromatic N) is 3. The third-order valence-electron chi connectivity index (χ3n) is 2.63. The van der Waals surface area contributed by atoms with Crippen LogP contribution in [0, 0.1) is 0 Å². The first kappa shape index (κ1) is 11.6. The molecule has 1 saturated heterocycles. The van der Waals surface area contributed by atoms with Crippen LogP contribution in [0.1, 0.15) is 12.8 Å². The van der Waals surface area contributed by atoms with E-state index in [0.29, 0.717) is 16.4 Å². The van der Waals surface area contributed by atoms with E-state index in [-0.39, 0.29) is 6.10 Å². The minimum absolute atomic E-state index is 0.199. The van der Waals surface area contributed by atoms with Crippen LogP contribution in [0.15, 0.2) is 10.7 Å². The van der Waals surface area contributed by atoms with Crippen molar-refractivity contribution in [2.45, 2.75) is 18.9 Å². The molecule has 88 valence electrons. The molecule has 2 heterocycles. The maximum atomic E-state index is 5.71. The predicted molar refractivity (Wildman–Crippen MR) is 65.3 cm³/mol. The molecule has 1 aromatic rings. The lowest BCUT2D eigenvalue weighted by Gasteiger charge is -2.28. The van der Waals surface area contributed by atoms with Gasteiger partial charge in [0, 0.05) is 19.2 Å². The van der Waals surface area contributed by atoms with Crippen molar-refractivity contribution in [3.05, 3.63) is 10.7 Å². The fourth-order valence-corrected chi connectivity index (χ4v) is 2.10. The number of likely N-dealkylation sites (tertiary alicyclic amines) is 1. The molecule has 0 amide bonds. The van der Waals surface area contributed by atoms with Gasteiger partial charge in [-0.3, -0.25) is 0 Å². The summed E-state index contributed by atoms with van der Waals surface area (Å²) in [5.41, 5.74) is 5.62. The zero-order valence-electron chi connectivity index (χ0n) is 9.19. The second-order valence-corrected chi connectivity index (χ2v) is 4.83. The van der Waals surface area contributed by atoms with Crippen LogP contribution in [0.5, 0.6) is 6.01 Å². The minimum atomic E-state index is 0.199. The van der Waals surface area contributed by atoms with Crippen molar-refractivity contribution in [3.8, 4) is 6.01 Å². The maximum absolute atomic E-state index is 5.71. The number of nitrogen functional groups attached to an aromatic ring is 1. The van der Waals surface area contributed by atoms with Gasteiger partial charge in [0.25, 0.3) is 0 Å². The molecule has 0 aliphatic carbocycles. The normalized spacial score (nSPS) is 18.6. The fraction of sp³-hybridized carbons (Fsp3) is 0.600. The molecule has 0 spiro atoms. The number of piperidine rings is 1. The highest BCUT2D eigenvalue weighted by Crippen LogP contribution is 2.18. The van der Waals surface area contributed by atoms with Crippen LogP contribution in [0.2, 0.25) is 0 Å². The maximum Gasteiger partial charge on any atom is 0.319 e. The molecule has 0 atom stereocenters. The molecule has 0 aromatic carbocycles. The second kappa shape index (κ2) is 4.97. The van der Waals surface area contributed by atoms with Crippen LogP contribution in [-0.2, 0) is 0 Å². The van der Waals surface area contributed by atoms with Gasteiger partial charge < -0.3 is 15.4 Å². The Morgan fingerprint density at radius 2 is 2.12 bits per heavy atom. The third-order valence-corrected chi connectivity index (χ3v) is 3.04. The number of hydrogen-bond donors (Lipinski definition) is 1. The molecule has 6 heteroatoms. The first-order valence-electron chi connectivity index (χ1n) is 5.29. The average molecular weight is 287 g/mol. The van der Waals surface area contributed by atoms with Crippen molar-refractivity contribution < 1.29 is 4.74 Å². The van der Waals surface area contributed by atoms with E-state index in [9.17, 15) is 0 Å². The summed E-state index contributed by atoms with van der Waals surface area (Å²) in [4.78, 5) is 10.5. The molecule has 1 aliphatic heterocycles. The van der Waals surface area contributed by atoms with Gasteiger partial charge in [-0.05, 0) is 35.8 Å². The highest BCUT2D eigenvalue weighted by atomic mass is 79.9. The SMILES string of the molecule is CN1CCC(Oc2nc(N)cc(Br)n2)CC1. The van der Waals surface area contributed by atoms with Gasteiger partial charge in [0.1, 0.15) is 16.5 Å². The van der Waals surface area contributed by atoms with Crippen LogP contribution in [0.3, 0.4) is 0 Å². The smallest absolute Gasteiger partial charge is 0.319 e. The van der Waals surface area contributed by atoms with Gasteiger partial charge in [-0.1, -0.05) is 0 Å². The Kier molecular flexibility index (Phi) is 3.60. The van der Waals surface area contributed by atoms with Gasteiger partial charge in [0.2, 0.25) is 0 Å². The van der Waals surface area contributed by atoms with Gasteiger partial charge in [-0.2, -0.15) is 9.97 Å². The molecule has 1 aromatic heterocycles.